The van der Waals surface area contributed by atoms with E-state index in [4.69, 9.17) is 21.1 Å². The summed E-state index contributed by atoms with van der Waals surface area (Å²) in [5.41, 5.74) is -0.0697. The number of hydrogen-bond acceptors (Lipinski definition) is 3. The highest BCUT2D eigenvalue weighted by molar-refractivity contribution is 6.30. The zero-order valence-corrected chi connectivity index (χ0v) is 10.6. The van der Waals surface area contributed by atoms with Crippen molar-refractivity contribution in [3.63, 3.8) is 0 Å². The van der Waals surface area contributed by atoms with Gasteiger partial charge in [0.25, 0.3) is 0 Å². The standard InChI is InChI=1S/C12H15ClO3/c1-12(2,11(14)16-4)9-7-8(13)5-6-10(9)15-3/h5-7H,1-4H3. The summed E-state index contributed by atoms with van der Waals surface area (Å²) >= 11 is 5.92. The first-order valence-corrected chi connectivity index (χ1v) is 5.23. The van der Waals surface area contributed by atoms with Gasteiger partial charge in [0, 0.05) is 10.6 Å². The zero-order valence-electron chi connectivity index (χ0n) is 9.83. The van der Waals surface area contributed by atoms with Crippen LogP contribution in [0.25, 0.3) is 0 Å². The Hall–Kier alpha value is -1.22. The quantitative estimate of drug-likeness (QED) is 0.765. The van der Waals surface area contributed by atoms with E-state index in [0.717, 1.165) is 0 Å². The number of benzene rings is 1. The molecular weight excluding hydrogens is 228 g/mol. The fraction of sp³-hybridized carbons (Fsp3) is 0.417. The first kappa shape index (κ1) is 12.8. The number of halogens is 1. The summed E-state index contributed by atoms with van der Waals surface area (Å²) in [5, 5.41) is 0.563. The monoisotopic (exact) mass is 242 g/mol. The first-order chi connectivity index (χ1) is 7.43. The molecule has 1 aromatic carbocycles. The van der Waals surface area contributed by atoms with Crippen LogP contribution in [-0.2, 0) is 14.9 Å². The third-order valence-corrected chi connectivity index (χ3v) is 2.77. The Morgan fingerprint density at radius 1 is 1.31 bits per heavy atom. The van der Waals surface area contributed by atoms with E-state index >= 15 is 0 Å². The van der Waals surface area contributed by atoms with Crippen molar-refractivity contribution >= 4 is 17.6 Å². The fourth-order valence-electron chi connectivity index (χ4n) is 1.53. The maximum absolute atomic E-state index is 11.7. The molecule has 0 amide bonds. The van der Waals surface area contributed by atoms with E-state index in [1.54, 1.807) is 39.2 Å². The van der Waals surface area contributed by atoms with Gasteiger partial charge in [-0.05, 0) is 32.0 Å². The number of hydrogen-bond donors (Lipinski definition) is 0. The van der Waals surface area contributed by atoms with Crippen molar-refractivity contribution in [3.8, 4) is 5.75 Å². The van der Waals surface area contributed by atoms with Gasteiger partial charge in [-0.15, -0.1) is 0 Å². The molecule has 0 aliphatic heterocycles. The van der Waals surface area contributed by atoms with Crippen LogP contribution in [0.1, 0.15) is 19.4 Å². The van der Waals surface area contributed by atoms with E-state index < -0.39 is 5.41 Å². The van der Waals surface area contributed by atoms with Crippen LogP contribution in [0.15, 0.2) is 18.2 Å². The molecule has 0 bridgehead atoms. The van der Waals surface area contributed by atoms with Gasteiger partial charge in [-0.1, -0.05) is 11.6 Å². The van der Waals surface area contributed by atoms with Gasteiger partial charge < -0.3 is 9.47 Å². The van der Waals surface area contributed by atoms with Crippen LogP contribution in [0.4, 0.5) is 0 Å². The molecule has 0 saturated heterocycles. The van der Waals surface area contributed by atoms with Crippen LogP contribution in [0.2, 0.25) is 5.02 Å². The topological polar surface area (TPSA) is 35.5 Å². The van der Waals surface area contributed by atoms with Crippen LogP contribution in [0.5, 0.6) is 5.75 Å². The van der Waals surface area contributed by atoms with Crippen molar-refractivity contribution in [1.82, 2.24) is 0 Å². The highest BCUT2D eigenvalue weighted by atomic mass is 35.5. The molecular formula is C12H15ClO3. The lowest BCUT2D eigenvalue weighted by Crippen LogP contribution is -2.30. The summed E-state index contributed by atoms with van der Waals surface area (Å²) in [6.45, 7) is 3.54. The van der Waals surface area contributed by atoms with Crippen LogP contribution in [-0.4, -0.2) is 20.2 Å². The van der Waals surface area contributed by atoms with Gasteiger partial charge in [0.1, 0.15) is 5.75 Å². The highest BCUT2D eigenvalue weighted by Crippen LogP contribution is 2.34. The molecule has 0 spiro atoms. The van der Waals surface area contributed by atoms with Gasteiger partial charge in [-0.3, -0.25) is 4.79 Å². The Kier molecular flexibility index (Phi) is 3.81. The Bertz CT molecular complexity index is 399. The molecule has 0 aromatic heterocycles. The molecule has 0 N–H and O–H groups in total. The Morgan fingerprint density at radius 3 is 2.44 bits per heavy atom. The van der Waals surface area contributed by atoms with E-state index in [2.05, 4.69) is 0 Å². The average Bonchev–Trinajstić information content (AvgIpc) is 2.27. The van der Waals surface area contributed by atoms with E-state index in [1.165, 1.54) is 7.11 Å². The molecule has 1 rings (SSSR count). The predicted octanol–water partition coefficient (Wildman–Crippen LogP) is 2.80. The van der Waals surface area contributed by atoms with Gasteiger partial charge in [0.2, 0.25) is 0 Å². The molecule has 0 heterocycles. The molecule has 0 aliphatic rings. The summed E-state index contributed by atoms with van der Waals surface area (Å²) in [4.78, 5) is 11.7. The Morgan fingerprint density at radius 2 is 1.94 bits per heavy atom. The summed E-state index contributed by atoms with van der Waals surface area (Å²) in [5.74, 6) is 0.299. The van der Waals surface area contributed by atoms with Crippen LogP contribution < -0.4 is 4.74 Å². The van der Waals surface area contributed by atoms with E-state index in [1.807, 2.05) is 0 Å². The van der Waals surface area contributed by atoms with Gasteiger partial charge >= 0.3 is 5.97 Å². The molecule has 0 atom stereocenters. The minimum atomic E-state index is -0.787. The lowest BCUT2D eigenvalue weighted by Gasteiger charge is -2.24. The number of ether oxygens (including phenoxy) is 2. The van der Waals surface area contributed by atoms with Gasteiger partial charge in [-0.2, -0.15) is 0 Å². The number of rotatable bonds is 3. The molecule has 3 nitrogen and oxygen atoms in total. The minimum absolute atomic E-state index is 0.326. The summed E-state index contributed by atoms with van der Waals surface area (Å²) < 4.78 is 9.99. The molecule has 0 radical (unpaired) electrons. The second kappa shape index (κ2) is 4.74. The second-order valence-electron chi connectivity index (χ2n) is 3.96. The van der Waals surface area contributed by atoms with Crippen LogP contribution >= 0.6 is 11.6 Å². The maximum Gasteiger partial charge on any atom is 0.315 e. The summed E-state index contributed by atoms with van der Waals surface area (Å²) in [6.07, 6.45) is 0. The van der Waals surface area contributed by atoms with Crippen molar-refractivity contribution in [2.75, 3.05) is 14.2 Å². The van der Waals surface area contributed by atoms with E-state index in [9.17, 15) is 4.79 Å². The van der Waals surface area contributed by atoms with Crippen molar-refractivity contribution in [2.45, 2.75) is 19.3 Å². The molecule has 0 fully saturated rings. The molecule has 16 heavy (non-hydrogen) atoms. The normalized spacial score (nSPS) is 11.1. The molecule has 4 heteroatoms. The zero-order chi connectivity index (χ0) is 12.3. The second-order valence-corrected chi connectivity index (χ2v) is 4.40. The molecule has 0 unspecified atom stereocenters. The maximum atomic E-state index is 11.7. The van der Waals surface area contributed by atoms with Gasteiger partial charge in [0.05, 0.1) is 19.6 Å². The summed E-state index contributed by atoms with van der Waals surface area (Å²) in [6, 6.07) is 5.18. The highest BCUT2D eigenvalue weighted by Gasteiger charge is 2.33. The third kappa shape index (κ3) is 2.30. The number of carbonyl (C=O) groups is 1. The Balaban J connectivity index is 3.30. The predicted molar refractivity (Wildman–Crippen MR) is 63.0 cm³/mol. The lowest BCUT2D eigenvalue weighted by atomic mass is 9.84. The smallest absolute Gasteiger partial charge is 0.315 e. The van der Waals surface area contributed by atoms with Gasteiger partial charge in [-0.25, -0.2) is 0 Å². The first-order valence-electron chi connectivity index (χ1n) is 4.86. The largest absolute Gasteiger partial charge is 0.496 e. The van der Waals surface area contributed by atoms with Gasteiger partial charge in [0.15, 0.2) is 0 Å². The molecule has 0 saturated carbocycles. The van der Waals surface area contributed by atoms with Crippen molar-refractivity contribution < 1.29 is 14.3 Å². The summed E-state index contributed by atoms with van der Waals surface area (Å²) in [7, 11) is 2.92. The third-order valence-electron chi connectivity index (χ3n) is 2.53. The average molecular weight is 243 g/mol. The number of methoxy groups -OCH3 is 2. The van der Waals surface area contributed by atoms with E-state index in [-0.39, 0.29) is 5.97 Å². The van der Waals surface area contributed by atoms with E-state index in [0.29, 0.717) is 16.3 Å². The number of esters is 1. The fourth-order valence-corrected chi connectivity index (χ4v) is 1.71. The van der Waals surface area contributed by atoms with Crippen LogP contribution in [0, 0.1) is 0 Å². The molecule has 1 aromatic rings. The molecule has 0 aliphatic carbocycles. The van der Waals surface area contributed by atoms with Crippen molar-refractivity contribution in [3.05, 3.63) is 28.8 Å². The SMILES string of the molecule is COC(=O)C(C)(C)c1cc(Cl)ccc1OC. The van der Waals surface area contributed by atoms with Crippen molar-refractivity contribution in [2.24, 2.45) is 0 Å². The Labute approximate surface area is 100 Å². The minimum Gasteiger partial charge on any atom is -0.496 e. The molecule has 88 valence electrons. The van der Waals surface area contributed by atoms with Crippen molar-refractivity contribution in [1.29, 1.82) is 0 Å². The number of carbonyl (C=O) groups excluding carboxylic acids is 1. The van der Waals surface area contributed by atoms with Crippen LogP contribution in [0.3, 0.4) is 0 Å². The lowest BCUT2D eigenvalue weighted by molar-refractivity contribution is -0.146.